The lowest BCUT2D eigenvalue weighted by atomic mass is 10.1. The van der Waals surface area contributed by atoms with Crippen molar-refractivity contribution in [3.8, 4) is 23.1 Å². The average molecular weight is 482 g/mol. The normalized spacial score (nSPS) is 13.3. The van der Waals surface area contributed by atoms with E-state index < -0.39 is 6.10 Å². The largest absolute Gasteiger partial charge is 0.493 e. The number of rotatable bonds is 13. The van der Waals surface area contributed by atoms with Crippen molar-refractivity contribution in [3.05, 3.63) is 65.9 Å². The van der Waals surface area contributed by atoms with Gasteiger partial charge in [-0.05, 0) is 58.4 Å². The Bertz CT molecular complexity index is 1050. The molecule has 190 valence electrons. The molecule has 1 aromatic heterocycles. The molecule has 0 saturated heterocycles. The van der Waals surface area contributed by atoms with Gasteiger partial charge in [0, 0.05) is 19.1 Å². The van der Waals surface area contributed by atoms with E-state index in [4.69, 9.17) is 19.3 Å². The molecule has 0 fully saturated rings. The molecule has 0 aliphatic rings. The molecule has 7 heteroatoms. The summed E-state index contributed by atoms with van der Waals surface area (Å²) in [4.78, 5) is 2.27. The minimum Gasteiger partial charge on any atom is -0.493 e. The number of hydrogen-bond acceptors (Lipinski definition) is 6. The van der Waals surface area contributed by atoms with Gasteiger partial charge in [-0.1, -0.05) is 37.3 Å². The van der Waals surface area contributed by atoms with Crippen molar-refractivity contribution in [2.75, 3.05) is 20.3 Å². The smallest absolute Gasteiger partial charge is 0.227 e. The summed E-state index contributed by atoms with van der Waals surface area (Å²) in [6.45, 7) is 11.6. The summed E-state index contributed by atoms with van der Waals surface area (Å²) in [5.41, 5.74) is 2.75. The molecule has 0 bridgehead atoms. The van der Waals surface area contributed by atoms with Crippen molar-refractivity contribution < 1.29 is 19.3 Å². The van der Waals surface area contributed by atoms with E-state index >= 15 is 0 Å². The highest BCUT2D eigenvalue weighted by Gasteiger charge is 2.25. The molecule has 2 aromatic carbocycles. The first-order valence-electron chi connectivity index (χ1n) is 12.3. The van der Waals surface area contributed by atoms with Gasteiger partial charge in [0.05, 0.1) is 42.9 Å². The third-order valence-electron chi connectivity index (χ3n) is 6.06. The van der Waals surface area contributed by atoms with Gasteiger partial charge in [0.2, 0.25) is 5.88 Å². The third-order valence-corrected chi connectivity index (χ3v) is 6.06. The Kier molecular flexibility index (Phi) is 9.72. The molecule has 0 unspecified atom stereocenters. The predicted octanol–water partition coefficient (Wildman–Crippen LogP) is 5.37. The van der Waals surface area contributed by atoms with Crippen LogP contribution >= 0.6 is 0 Å². The second-order valence-electron chi connectivity index (χ2n) is 9.09. The number of para-hydroxylation sites is 3. The first-order chi connectivity index (χ1) is 16.8. The monoisotopic (exact) mass is 481 g/mol. The summed E-state index contributed by atoms with van der Waals surface area (Å²) in [7, 11) is 1.63. The molecule has 0 aliphatic heterocycles. The topological polar surface area (TPSA) is 69.0 Å². The second kappa shape index (κ2) is 12.7. The van der Waals surface area contributed by atoms with Crippen LogP contribution in [0.3, 0.4) is 0 Å². The fourth-order valence-corrected chi connectivity index (χ4v) is 3.87. The zero-order valence-corrected chi connectivity index (χ0v) is 21.8. The fraction of sp³-hybridized carbons (Fsp3) is 0.464. The molecule has 35 heavy (non-hydrogen) atoms. The number of aliphatic hydroxyl groups excluding tert-OH is 1. The summed E-state index contributed by atoms with van der Waals surface area (Å²) < 4.78 is 19.5. The second-order valence-corrected chi connectivity index (χ2v) is 9.09. The number of aromatic nitrogens is 2. The molecule has 0 amide bonds. The highest BCUT2D eigenvalue weighted by atomic mass is 16.5. The van der Waals surface area contributed by atoms with E-state index in [2.05, 4.69) is 18.7 Å². The molecular formula is C28H39N3O4. The Morgan fingerprint density at radius 1 is 1.00 bits per heavy atom. The lowest BCUT2D eigenvalue weighted by Crippen LogP contribution is -2.40. The standard InChI is InChI=1S/C28H39N3O4/c1-7-21(4)30(17-24(32)19-34-20(2)3)18-25-22(5)29-31(23-13-9-8-10-14-23)28(25)35-27-16-12-11-15-26(27)33-6/h8-16,20-21,24,32H,7,17-19H2,1-6H3/t21-,24-/m1/s1. The first-order valence-corrected chi connectivity index (χ1v) is 12.3. The van der Waals surface area contributed by atoms with Crippen LogP contribution in [0.5, 0.6) is 17.4 Å². The Morgan fingerprint density at radius 3 is 2.29 bits per heavy atom. The molecule has 1 heterocycles. The Hall–Kier alpha value is -2.87. The van der Waals surface area contributed by atoms with Gasteiger partial charge in [0.1, 0.15) is 0 Å². The molecule has 1 N–H and O–H groups in total. The van der Waals surface area contributed by atoms with Gasteiger partial charge < -0.3 is 19.3 Å². The molecule has 0 saturated carbocycles. The molecule has 3 aromatic rings. The molecular weight excluding hydrogens is 442 g/mol. The SMILES string of the molecule is CC[C@@H](C)N(Cc1c(C)nn(-c2ccccc2)c1Oc1ccccc1OC)C[C@@H](O)COC(C)C. The molecule has 2 atom stereocenters. The van der Waals surface area contributed by atoms with Crippen molar-refractivity contribution >= 4 is 0 Å². The van der Waals surface area contributed by atoms with Crippen LogP contribution in [-0.4, -0.2) is 58.3 Å². The Morgan fingerprint density at radius 2 is 1.66 bits per heavy atom. The maximum absolute atomic E-state index is 10.7. The van der Waals surface area contributed by atoms with Gasteiger partial charge in [0.25, 0.3) is 0 Å². The van der Waals surface area contributed by atoms with Crippen LogP contribution < -0.4 is 9.47 Å². The van der Waals surface area contributed by atoms with E-state index in [0.717, 1.165) is 23.4 Å². The van der Waals surface area contributed by atoms with Crippen molar-refractivity contribution in [1.29, 1.82) is 0 Å². The van der Waals surface area contributed by atoms with Crippen LogP contribution in [0.25, 0.3) is 5.69 Å². The summed E-state index contributed by atoms with van der Waals surface area (Å²) >= 11 is 0. The summed E-state index contributed by atoms with van der Waals surface area (Å²) in [5.74, 6) is 1.91. The van der Waals surface area contributed by atoms with Crippen LogP contribution in [0.4, 0.5) is 0 Å². The molecule has 0 spiro atoms. The van der Waals surface area contributed by atoms with Gasteiger partial charge in [0.15, 0.2) is 11.5 Å². The van der Waals surface area contributed by atoms with Crippen molar-refractivity contribution in [2.45, 2.75) is 65.8 Å². The van der Waals surface area contributed by atoms with Crippen molar-refractivity contribution in [2.24, 2.45) is 0 Å². The van der Waals surface area contributed by atoms with Crippen molar-refractivity contribution in [3.63, 3.8) is 0 Å². The average Bonchev–Trinajstić information content (AvgIpc) is 3.17. The number of hydrogen-bond donors (Lipinski definition) is 1. The van der Waals surface area contributed by atoms with Gasteiger partial charge in [-0.15, -0.1) is 0 Å². The van der Waals surface area contributed by atoms with Crippen molar-refractivity contribution in [1.82, 2.24) is 14.7 Å². The van der Waals surface area contributed by atoms with E-state index in [1.807, 2.05) is 80.1 Å². The van der Waals surface area contributed by atoms with Crippen LogP contribution in [0, 0.1) is 6.92 Å². The van der Waals surface area contributed by atoms with E-state index in [9.17, 15) is 5.11 Å². The molecule has 0 aliphatic carbocycles. The minimum atomic E-state index is -0.588. The lowest BCUT2D eigenvalue weighted by molar-refractivity contribution is -0.0150. The number of methoxy groups -OCH3 is 1. The maximum atomic E-state index is 10.7. The predicted molar refractivity (Wildman–Crippen MR) is 139 cm³/mol. The minimum absolute atomic E-state index is 0.0777. The number of benzene rings is 2. The third kappa shape index (κ3) is 7.07. The van der Waals surface area contributed by atoms with Gasteiger partial charge in [-0.3, -0.25) is 4.90 Å². The van der Waals surface area contributed by atoms with Crippen LogP contribution in [0.15, 0.2) is 54.6 Å². The zero-order valence-electron chi connectivity index (χ0n) is 21.8. The van der Waals surface area contributed by atoms with Gasteiger partial charge in [-0.2, -0.15) is 5.10 Å². The van der Waals surface area contributed by atoms with E-state index in [-0.39, 0.29) is 12.1 Å². The highest BCUT2D eigenvalue weighted by Crippen LogP contribution is 2.36. The first kappa shape index (κ1) is 26.7. The summed E-state index contributed by atoms with van der Waals surface area (Å²) in [6.07, 6.45) is 0.440. The zero-order chi connectivity index (χ0) is 25.4. The fourth-order valence-electron chi connectivity index (χ4n) is 3.87. The molecule has 7 nitrogen and oxygen atoms in total. The Balaban J connectivity index is 1.99. The Labute approximate surface area is 209 Å². The summed E-state index contributed by atoms with van der Waals surface area (Å²) in [6, 6.07) is 17.8. The number of ether oxygens (including phenoxy) is 3. The van der Waals surface area contributed by atoms with Gasteiger partial charge >= 0.3 is 0 Å². The van der Waals surface area contributed by atoms with Crippen LogP contribution in [0.2, 0.25) is 0 Å². The molecule has 3 rings (SSSR count). The summed E-state index contributed by atoms with van der Waals surface area (Å²) in [5, 5.41) is 15.5. The van der Waals surface area contributed by atoms with Gasteiger partial charge in [-0.25, -0.2) is 4.68 Å². The molecule has 0 radical (unpaired) electrons. The van der Waals surface area contributed by atoms with E-state index in [1.54, 1.807) is 7.11 Å². The van der Waals surface area contributed by atoms with Crippen LogP contribution in [0.1, 0.15) is 45.4 Å². The lowest BCUT2D eigenvalue weighted by Gasteiger charge is -2.30. The maximum Gasteiger partial charge on any atom is 0.227 e. The number of nitrogens with zero attached hydrogens (tertiary/aromatic N) is 3. The highest BCUT2D eigenvalue weighted by molar-refractivity contribution is 5.47. The van der Waals surface area contributed by atoms with Crippen LogP contribution in [-0.2, 0) is 11.3 Å². The van der Waals surface area contributed by atoms with E-state index in [0.29, 0.717) is 37.1 Å². The van der Waals surface area contributed by atoms with E-state index in [1.165, 1.54) is 0 Å². The number of aliphatic hydroxyl groups is 1. The number of aryl methyl sites for hydroxylation is 1. The quantitative estimate of drug-likeness (QED) is 0.354.